The number of carbonyl (C=O) groups is 3. The number of nitrogens with zero attached hydrogens (tertiary/aromatic N) is 1. The Hall–Kier alpha value is -3.16. The third kappa shape index (κ3) is 5.40. The van der Waals surface area contributed by atoms with Crippen molar-refractivity contribution in [3.63, 3.8) is 0 Å². The zero-order chi connectivity index (χ0) is 20.2. The molecule has 0 unspecified atom stereocenters. The van der Waals surface area contributed by atoms with Gasteiger partial charge in [0.1, 0.15) is 6.54 Å². The molecule has 0 aliphatic carbocycles. The molecule has 0 aliphatic heterocycles. The molecule has 0 bridgehead atoms. The number of alkyl halides is 3. The largest absolute Gasteiger partial charge is 0.416 e. The van der Waals surface area contributed by atoms with Crippen LogP contribution in [0.3, 0.4) is 0 Å². The molecule has 27 heavy (non-hydrogen) atoms. The van der Waals surface area contributed by atoms with Crippen molar-refractivity contribution in [2.45, 2.75) is 20.0 Å². The molecule has 0 spiro atoms. The van der Waals surface area contributed by atoms with Crippen LogP contribution < -0.4 is 10.2 Å². The minimum Gasteiger partial charge on any atom is -0.325 e. The molecule has 2 rings (SSSR count). The van der Waals surface area contributed by atoms with Gasteiger partial charge in [-0.25, -0.2) is 0 Å². The Morgan fingerprint density at radius 1 is 1.00 bits per heavy atom. The van der Waals surface area contributed by atoms with E-state index in [0.717, 1.165) is 17.0 Å². The first-order chi connectivity index (χ1) is 12.6. The highest BCUT2D eigenvalue weighted by molar-refractivity contribution is 6.03. The molecule has 142 valence electrons. The van der Waals surface area contributed by atoms with E-state index in [1.165, 1.54) is 32.0 Å². The molecule has 1 N–H and O–H groups in total. The summed E-state index contributed by atoms with van der Waals surface area (Å²) in [5.41, 5.74) is -0.208. The van der Waals surface area contributed by atoms with Gasteiger partial charge in [0.2, 0.25) is 11.8 Å². The lowest BCUT2D eigenvalue weighted by molar-refractivity contribution is -0.137. The number of ketones is 1. The maximum Gasteiger partial charge on any atom is 0.416 e. The van der Waals surface area contributed by atoms with Crippen molar-refractivity contribution in [1.29, 1.82) is 0 Å². The molecular weight excluding hydrogens is 361 g/mol. The summed E-state index contributed by atoms with van der Waals surface area (Å²) < 4.78 is 38.3. The normalized spacial score (nSPS) is 11.0. The number of hydrogen-bond acceptors (Lipinski definition) is 3. The number of rotatable bonds is 5. The van der Waals surface area contributed by atoms with E-state index in [9.17, 15) is 27.6 Å². The van der Waals surface area contributed by atoms with E-state index < -0.39 is 30.1 Å². The van der Waals surface area contributed by atoms with Crippen molar-refractivity contribution >= 4 is 29.0 Å². The summed E-state index contributed by atoms with van der Waals surface area (Å²) in [7, 11) is 0. The van der Waals surface area contributed by atoms with Crippen LogP contribution >= 0.6 is 0 Å². The summed E-state index contributed by atoms with van der Waals surface area (Å²) in [6.45, 7) is 2.21. The van der Waals surface area contributed by atoms with Gasteiger partial charge in [0.25, 0.3) is 0 Å². The Bertz CT molecular complexity index is 878. The molecule has 0 aromatic heterocycles. The van der Waals surface area contributed by atoms with Gasteiger partial charge in [0, 0.05) is 23.9 Å². The number of amides is 2. The van der Waals surface area contributed by atoms with Crippen molar-refractivity contribution in [3.8, 4) is 0 Å². The quantitative estimate of drug-likeness (QED) is 0.803. The fourth-order valence-electron chi connectivity index (χ4n) is 2.39. The summed E-state index contributed by atoms with van der Waals surface area (Å²) in [5.74, 6) is -1.32. The van der Waals surface area contributed by atoms with Gasteiger partial charge in [-0.3, -0.25) is 14.4 Å². The second kappa shape index (κ2) is 8.03. The SMILES string of the molecule is CC(=O)c1cccc(N(CC(=O)Nc2cccc(C(F)(F)F)c2)C(C)=O)c1. The molecule has 0 radical (unpaired) electrons. The van der Waals surface area contributed by atoms with E-state index in [1.807, 2.05) is 0 Å². The average molecular weight is 378 g/mol. The van der Waals surface area contributed by atoms with Crippen LogP contribution in [0.4, 0.5) is 24.5 Å². The van der Waals surface area contributed by atoms with E-state index in [1.54, 1.807) is 18.2 Å². The first-order valence-electron chi connectivity index (χ1n) is 7.94. The summed E-state index contributed by atoms with van der Waals surface area (Å²) >= 11 is 0. The number of hydrogen-bond donors (Lipinski definition) is 1. The first kappa shape index (κ1) is 20.2. The van der Waals surface area contributed by atoms with Crippen molar-refractivity contribution < 1.29 is 27.6 Å². The average Bonchev–Trinajstić information content (AvgIpc) is 2.59. The van der Waals surface area contributed by atoms with Crippen LogP contribution in [0.5, 0.6) is 0 Å². The van der Waals surface area contributed by atoms with Crippen LogP contribution in [0.2, 0.25) is 0 Å². The lowest BCUT2D eigenvalue weighted by Crippen LogP contribution is -2.36. The minimum atomic E-state index is -4.53. The number of nitrogens with one attached hydrogen (secondary N) is 1. The van der Waals surface area contributed by atoms with E-state index >= 15 is 0 Å². The van der Waals surface area contributed by atoms with Crippen molar-refractivity contribution in [2.75, 3.05) is 16.8 Å². The maximum atomic E-state index is 12.8. The van der Waals surface area contributed by atoms with Gasteiger partial charge in [-0.1, -0.05) is 18.2 Å². The van der Waals surface area contributed by atoms with Gasteiger partial charge in [-0.2, -0.15) is 13.2 Å². The lowest BCUT2D eigenvalue weighted by Gasteiger charge is -2.21. The molecular formula is C19H17F3N2O3. The number of carbonyl (C=O) groups excluding carboxylic acids is 3. The molecule has 5 nitrogen and oxygen atoms in total. The minimum absolute atomic E-state index is 0.0317. The van der Waals surface area contributed by atoms with Crippen LogP contribution in [-0.4, -0.2) is 24.1 Å². The summed E-state index contributed by atoms with van der Waals surface area (Å²) in [5, 5.41) is 2.35. The Kier molecular flexibility index (Phi) is 5.99. The third-order valence-corrected chi connectivity index (χ3v) is 3.72. The standard InChI is InChI=1S/C19H17F3N2O3/c1-12(25)14-5-3-8-17(9-14)24(13(2)26)11-18(27)23-16-7-4-6-15(10-16)19(20,21)22/h3-10H,11H2,1-2H3,(H,23,27). The van der Waals surface area contributed by atoms with Gasteiger partial charge in [0.05, 0.1) is 5.56 Å². The number of anilines is 2. The highest BCUT2D eigenvalue weighted by Gasteiger charge is 2.30. The van der Waals surface area contributed by atoms with Gasteiger partial charge in [0.15, 0.2) is 5.78 Å². The van der Waals surface area contributed by atoms with Crippen molar-refractivity contribution in [3.05, 3.63) is 59.7 Å². The molecule has 0 saturated carbocycles. The Morgan fingerprint density at radius 2 is 1.67 bits per heavy atom. The highest BCUT2D eigenvalue weighted by atomic mass is 19.4. The predicted octanol–water partition coefficient (Wildman–Crippen LogP) is 3.90. The van der Waals surface area contributed by atoms with Crippen LogP contribution in [0.15, 0.2) is 48.5 Å². The van der Waals surface area contributed by atoms with E-state index in [0.29, 0.717) is 11.3 Å². The van der Waals surface area contributed by atoms with Crippen LogP contribution in [0.1, 0.15) is 29.8 Å². The molecule has 0 fully saturated rings. The zero-order valence-corrected chi connectivity index (χ0v) is 14.6. The molecule has 2 aromatic carbocycles. The smallest absolute Gasteiger partial charge is 0.325 e. The molecule has 2 aromatic rings. The summed E-state index contributed by atoms with van der Waals surface area (Å²) in [6.07, 6.45) is -4.53. The second-order valence-electron chi connectivity index (χ2n) is 5.84. The first-order valence-corrected chi connectivity index (χ1v) is 7.94. The third-order valence-electron chi connectivity index (χ3n) is 3.72. The second-order valence-corrected chi connectivity index (χ2v) is 5.84. The molecule has 0 saturated heterocycles. The van der Waals surface area contributed by atoms with Crippen LogP contribution in [0, 0.1) is 0 Å². The van der Waals surface area contributed by atoms with Gasteiger partial charge in [-0.05, 0) is 37.3 Å². The Labute approximate surface area is 153 Å². The van der Waals surface area contributed by atoms with Crippen LogP contribution in [-0.2, 0) is 15.8 Å². The van der Waals surface area contributed by atoms with Crippen LogP contribution in [0.25, 0.3) is 0 Å². The molecule has 0 atom stereocenters. The Morgan fingerprint density at radius 3 is 2.26 bits per heavy atom. The fourth-order valence-corrected chi connectivity index (χ4v) is 2.39. The molecule has 2 amide bonds. The van der Waals surface area contributed by atoms with Gasteiger partial charge in [-0.15, -0.1) is 0 Å². The topological polar surface area (TPSA) is 66.5 Å². The lowest BCUT2D eigenvalue weighted by atomic mass is 10.1. The summed E-state index contributed by atoms with van der Waals surface area (Å²) in [6, 6.07) is 10.4. The van der Waals surface area contributed by atoms with Gasteiger partial charge >= 0.3 is 6.18 Å². The Balaban J connectivity index is 2.18. The molecule has 0 aliphatic rings. The number of halogens is 3. The highest BCUT2D eigenvalue weighted by Crippen LogP contribution is 2.30. The van der Waals surface area contributed by atoms with E-state index in [-0.39, 0.29) is 11.5 Å². The van der Waals surface area contributed by atoms with Crippen molar-refractivity contribution in [1.82, 2.24) is 0 Å². The zero-order valence-electron chi connectivity index (χ0n) is 14.6. The summed E-state index contributed by atoms with van der Waals surface area (Å²) in [4.78, 5) is 36.8. The van der Waals surface area contributed by atoms with Gasteiger partial charge < -0.3 is 10.2 Å². The maximum absolute atomic E-state index is 12.8. The predicted molar refractivity (Wildman–Crippen MR) is 94.5 cm³/mol. The number of Topliss-reactive ketones (excluding diaryl/α,β-unsaturated/α-hetero) is 1. The van der Waals surface area contributed by atoms with E-state index in [2.05, 4.69) is 5.32 Å². The molecule has 8 heteroatoms. The van der Waals surface area contributed by atoms with E-state index in [4.69, 9.17) is 0 Å². The fraction of sp³-hybridized carbons (Fsp3) is 0.211. The number of benzene rings is 2. The molecule has 0 heterocycles. The monoisotopic (exact) mass is 378 g/mol. The van der Waals surface area contributed by atoms with Crippen molar-refractivity contribution in [2.24, 2.45) is 0 Å².